The maximum atomic E-state index is 11.0. The highest BCUT2D eigenvalue weighted by Gasteiger charge is 2.17. The van der Waals surface area contributed by atoms with Gasteiger partial charge in [-0.1, -0.05) is 12.8 Å². The van der Waals surface area contributed by atoms with Gasteiger partial charge in [-0.25, -0.2) is 0 Å². The lowest BCUT2D eigenvalue weighted by atomic mass is 10.2. The zero-order valence-corrected chi connectivity index (χ0v) is 9.37. The lowest BCUT2D eigenvalue weighted by molar-refractivity contribution is -0.145. The molecule has 2 N–H and O–H groups in total. The summed E-state index contributed by atoms with van der Waals surface area (Å²) in [5, 5.41) is 12.8. The summed E-state index contributed by atoms with van der Waals surface area (Å²) >= 11 is 0. The summed E-state index contributed by atoms with van der Waals surface area (Å²) in [4.78, 5) is 11.0. The van der Waals surface area contributed by atoms with E-state index in [1.807, 2.05) is 0 Å². The van der Waals surface area contributed by atoms with Gasteiger partial charge in [0.1, 0.15) is 0 Å². The van der Waals surface area contributed by atoms with E-state index >= 15 is 0 Å². The third-order valence-corrected chi connectivity index (χ3v) is 2.70. The smallest absolute Gasteiger partial charge is 0.308 e. The molecule has 0 amide bonds. The Balaban J connectivity index is 2.06. The minimum absolute atomic E-state index is 0.0908. The summed E-state index contributed by atoms with van der Waals surface area (Å²) in [5.41, 5.74) is 0. The quantitative estimate of drug-likeness (QED) is 0.644. The molecule has 1 fully saturated rings. The molecule has 1 atom stereocenters. The van der Waals surface area contributed by atoms with Crippen LogP contribution in [0.25, 0.3) is 0 Å². The number of carbonyl (C=O) groups is 1. The molecule has 88 valence electrons. The maximum Gasteiger partial charge on any atom is 0.308 e. The van der Waals surface area contributed by atoms with Gasteiger partial charge >= 0.3 is 5.97 Å². The molecule has 0 radical (unpaired) electrons. The summed E-state index contributed by atoms with van der Waals surface area (Å²) in [6.07, 6.45) is 4.38. The van der Waals surface area contributed by atoms with Crippen LogP contribution < -0.4 is 5.32 Å². The molecule has 1 aliphatic rings. The molecule has 1 rings (SSSR count). The molecule has 0 aromatic carbocycles. The van der Waals surface area contributed by atoms with Crippen LogP contribution in [0.15, 0.2) is 0 Å². The van der Waals surface area contributed by atoms with E-state index < -0.39 is 6.10 Å². The van der Waals surface area contributed by atoms with Crippen molar-refractivity contribution in [1.29, 1.82) is 0 Å². The molecule has 4 nitrogen and oxygen atoms in total. The van der Waals surface area contributed by atoms with Gasteiger partial charge in [0.2, 0.25) is 0 Å². The van der Waals surface area contributed by atoms with Crippen LogP contribution >= 0.6 is 0 Å². The van der Waals surface area contributed by atoms with Gasteiger partial charge in [-0.15, -0.1) is 0 Å². The van der Waals surface area contributed by atoms with Crippen LogP contribution in [0.4, 0.5) is 0 Å². The molecule has 0 saturated heterocycles. The third-order valence-electron chi connectivity index (χ3n) is 2.70. The number of hydrogen-bond donors (Lipinski definition) is 2. The molecule has 4 heteroatoms. The van der Waals surface area contributed by atoms with Gasteiger partial charge < -0.3 is 15.2 Å². The van der Waals surface area contributed by atoms with Gasteiger partial charge in [-0.05, 0) is 19.8 Å². The van der Waals surface area contributed by atoms with E-state index in [1.165, 1.54) is 25.7 Å². The van der Waals surface area contributed by atoms with Gasteiger partial charge in [0.25, 0.3) is 0 Å². The highest BCUT2D eigenvalue weighted by Crippen LogP contribution is 2.17. The zero-order chi connectivity index (χ0) is 11.1. The van der Waals surface area contributed by atoms with Crippen LogP contribution in [-0.2, 0) is 9.53 Å². The van der Waals surface area contributed by atoms with E-state index in [2.05, 4.69) is 5.32 Å². The number of aliphatic hydroxyl groups excluding tert-OH is 1. The topological polar surface area (TPSA) is 58.6 Å². The highest BCUT2D eigenvalue weighted by atomic mass is 16.5. The van der Waals surface area contributed by atoms with Gasteiger partial charge in [0.05, 0.1) is 19.1 Å². The van der Waals surface area contributed by atoms with E-state index in [-0.39, 0.29) is 12.4 Å². The van der Waals surface area contributed by atoms with Crippen LogP contribution in [0, 0.1) is 0 Å². The van der Waals surface area contributed by atoms with Gasteiger partial charge in [-0.2, -0.15) is 0 Å². The molecule has 0 spiro atoms. The van der Waals surface area contributed by atoms with Crippen molar-refractivity contribution in [2.75, 3.05) is 13.2 Å². The Labute approximate surface area is 91.0 Å². The van der Waals surface area contributed by atoms with Crippen molar-refractivity contribution in [1.82, 2.24) is 5.32 Å². The Morgan fingerprint density at radius 3 is 2.80 bits per heavy atom. The summed E-state index contributed by atoms with van der Waals surface area (Å²) in [5.74, 6) is -0.321. The van der Waals surface area contributed by atoms with Gasteiger partial charge in [0.15, 0.2) is 0 Å². The average molecular weight is 215 g/mol. The number of rotatable bonds is 6. The fourth-order valence-corrected chi connectivity index (χ4v) is 1.92. The summed E-state index contributed by atoms with van der Waals surface area (Å²) < 4.78 is 4.76. The molecule has 0 heterocycles. The average Bonchev–Trinajstić information content (AvgIpc) is 2.67. The van der Waals surface area contributed by atoms with Crippen molar-refractivity contribution in [3.63, 3.8) is 0 Å². The first-order valence-electron chi connectivity index (χ1n) is 5.79. The van der Waals surface area contributed by atoms with Crippen molar-refractivity contribution < 1.29 is 14.6 Å². The Kier molecular flexibility index (Phi) is 5.65. The maximum absolute atomic E-state index is 11.0. The van der Waals surface area contributed by atoms with Crippen LogP contribution in [0.3, 0.4) is 0 Å². The molecular weight excluding hydrogens is 194 g/mol. The Morgan fingerprint density at radius 1 is 1.53 bits per heavy atom. The lowest BCUT2D eigenvalue weighted by Crippen LogP contribution is -2.35. The second-order valence-corrected chi connectivity index (χ2v) is 4.05. The molecule has 1 saturated carbocycles. The normalized spacial score (nSPS) is 19.1. The number of aliphatic hydroxyl groups is 1. The van der Waals surface area contributed by atoms with E-state index in [9.17, 15) is 9.90 Å². The van der Waals surface area contributed by atoms with Crippen molar-refractivity contribution >= 4 is 5.97 Å². The standard InChI is InChI=1S/C11H21NO3/c1-2-15-11(14)7-10(13)8-12-9-5-3-4-6-9/h9-10,12-13H,2-8H2,1H3. The minimum Gasteiger partial charge on any atom is -0.466 e. The van der Waals surface area contributed by atoms with Gasteiger partial charge in [0, 0.05) is 12.6 Å². The van der Waals surface area contributed by atoms with E-state index in [0.717, 1.165) is 0 Å². The molecule has 0 aromatic rings. The second kappa shape index (κ2) is 6.80. The van der Waals surface area contributed by atoms with Crippen LogP contribution in [0.5, 0.6) is 0 Å². The molecule has 15 heavy (non-hydrogen) atoms. The van der Waals surface area contributed by atoms with Crippen LogP contribution in [0.1, 0.15) is 39.0 Å². The molecular formula is C11H21NO3. The predicted octanol–water partition coefficient (Wildman–Crippen LogP) is 0.833. The zero-order valence-electron chi connectivity index (χ0n) is 9.37. The first kappa shape index (κ1) is 12.5. The SMILES string of the molecule is CCOC(=O)CC(O)CNC1CCCC1. The first-order valence-corrected chi connectivity index (χ1v) is 5.79. The molecule has 1 unspecified atom stereocenters. The Hall–Kier alpha value is -0.610. The number of hydrogen-bond acceptors (Lipinski definition) is 4. The van der Waals surface area contributed by atoms with Crippen molar-refractivity contribution in [3.05, 3.63) is 0 Å². The van der Waals surface area contributed by atoms with E-state index in [1.54, 1.807) is 6.92 Å². The van der Waals surface area contributed by atoms with Gasteiger partial charge in [-0.3, -0.25) is 4.79 Å². The monoisotopic (exact) mass is 215 g/mol. The molecule has 0 aliphatic heterocycles. The van der Waals surface area contributed by atoms with Crippen molar-refractivity contribution in [2.24, 2.45) is 0 Å². The number of esters is 1. The summed E-state index contributed by atoms with van der Waals surface area (Å²) in [6.45, 7) is 2.63. The van der Waals surface area contributed by atoms with Crippen molar-refractivity contribution in [3.8, 4) is 0 Å². The predicted molar refractivity (Wildman–Crippen MR) is 57.5 cm³/mol. The molecule has 0 aromatic heterocycles. The number of ether oxygens (including phenoxy) is 1. The minimum atomic E-state index is -0.621. The highest BCUT2D eigenvalue weighted by molar-refractivity contribution is 5.69. The molecule has 0 bridgehead atoms. The number of nitrogens with one attached hydrogen (secondary N) is 1. The summed E-state index contributed by atoms with van der Waals surface area (Å²) in [6, 6.07) is 0.529. The third kappa shape index (κ3) is 5.14. The largest absolute Gasteiger partial charge is 0.466 e. The number of carbonyl (C=O) groups excluding carboxylic acids is 1. The fraction of sp³-hybridized carbons (Fsp3) is 0.909. The van der Waals surface area contributed by atoms with E-state index in [0.29, 0.717) is 19.2 Å². The van der Waals surface area contributed by atoms with Crippen LogP contribution in [-0.4, -0.2) is 36.4 Å². The fourth-order valence-electron chi connectivity index (χ4n) is 1.92. The second-order valence-electron chi connectivity index (χ2n) is 4.05. The first-order chi connectivity index (χ1) is 7.22. The van der Waals surface area contributed by atoms with Crippen LogP contribution in [0.2, 0.25) is 0 Å². The van der Waals surface area contributed by atoms with E-state index in [4.69, 9.17) is 4.74 Å². The van der Waals surface area contributed by atoms with Crippen molar-refractivity contribution in [2.45, 2.75) is 51.2 Å². The summed E-state index contributed by atoms with van der Waals surface area (Å²) in [7, 11) is 0. The lowest BCUT2D eigenvalue weighted by Gasteiger charge is -2.15. The Bertz CT molecular complexity index is 190. The Morgan fingerprint density at radius 2 is 2.20 bits per heavy atom. The molecule has 1 aliphatic carbocycles.